The third kappa shape index (κ3) is 2.42. The molecule has 1 atom stereocenters. The molecule has 0 radical (unpaired) electrons. The molecule has 0 aromatic rings. The highest BCUT2D eigenvalue weighted by molar-refractivity contribution is 4.84. The molecule has 2 rings (SSSR count). The van der Waals surface area contributed by atoms with Gasteiger partial charge in [0.2, 0.25) is 0 Å². The zero-order valence-corrected chi connectivity index (χ0v) is 8.34. The third-order valence-corrected chi connectivity index (χ3v) is 2.88. The Bertz CT molecular complexity index is 162. The topological polar surface area (TPSA) is 30.5 Å². The quantitative estimate of drug-likeness (QED) is 0.705. The summed E-state index contributed by atoms with van der Waals surface area (Å²) in [5.41, 5.74) is 0.386. The second-order valence-corrected chi connectivity index (χ2v) is 4.60. The number of hydrogen-bond acceptors (Lipinski definition) is 3. The first-order valence-electron chi connectivity index (χ1n) is 5.17. The van der Waals surface area contributed by atoms with E-state index in [1.54, 1.807) is 0 Å². The van der Waals surface area contributed by atoms with Crippen molar-refractivity contribution in [3.05, 3.63) is 0 Å². The summed E-state index contributed by atoms with van der Waals surface area (Å²) in [5, 5.41) is 3.56. The van der Waals surface area contributed by atoms with Crippen LogP contribution >= 0.6 is 0 Å². The predicted molar refractivity (Wildman–Crippen MR) is 50.8 cm³/mol. The van der Waals surface area contributed by atoms with Crippen molar-refractivity contribution < 1.29 is 9.47 Å². The van der Waals surface area contributed by atoms with Crippen molar-refractivity contribution in [1.29, 1.82) is 0 Å². The van der Waals surface area contributed by atoms with Gasteiger partial charge in [-0.2, -0.15) is 0 Å². The van der Waals surface area contributed by atoms with E-state index < -0.39 is 0 Å². The summed E-state index contributed by atoms with van der Waals surface area (Å²) in [4.78, 5) is 0. The monoisotopic (exact) mass is 185 g/mol. The minimum Gasteiger partial charge on any atom is -0.380 e. The van der Waals surface area contributed by atoms with Gasteiger partial charge >= 0.3 is 0 Å². The fourth-order valence-corrected chi connectivity index (χ4v) is 1.85. The van der Waals surface area contributed by atoms with Gasteiger partial charge in [0, 0.05) is 24.6 Å². The van der Waals surface area contributed by atoms with Crippen LogP contribution in [0.15, 0.2) is 0 Å². The average Bonchev–Trinajstić information content (AvgIpc) is 2.13. The molecule has 0 saturated carbocycles. The molecular formula is C10H19NO2. The Hall–Kier alpha value is -0.120. The van der Waals surface area contributed by atoms with Crippen molar-refractivity contribution in [3.8, 4) is 0 Å². The van der Waals surface area contributed by atoms with Gasteiger partial charge < -0.3 is 14.8 Å². The summed E-state index contributed by atoms with van der Waals surface area (Å²) in [7, 11) is 0. The molecule has 3 heteroatoms. The van der Waals surface area contributed by atoms with Gasteiger partial charge in [-0.25, -0.2) is 0 Å². The first-order chi connectivity index (χ1) is 6.29. The van der Waals surface area contributed by atoms with Crippen LogP contribution in [0.1, 0.15) is 19.8 Å². The lowest BCUT2D eigenvalue weighted by atomic mass is 9.88. The van der Waals surface area contributed by atoms with Crippen LogP contribution in [0.3, 0.4) is 0 Å². The molecule has 76 valence electrons. The molecule has 2 heterocycles. The molecule has 0 bridgehead atoms. The van der Waals surface area contributed by atoms with Gasteiger partial charge in [0.05, 0.1) is 19.8 Å². The molecule has 0 aliphatic carbocycles. The maximum atomic E-state index is 5.41. The van der Waals surface area contributed by atoms with E-state index in [9.17, 15) is 0 Å². The maximum Gasteiger partial charge on any atom is 0.0619 e. The molecular weight excluding hydrogens is 166 g/mol. The second kappa shape index (κ2) is 3.95. The average molecular weight is 185 g/mol. The van der Waals surface area contributed by atoms with Gasteiger partial charge in [0.1, 0.15) is 0 Å². The van der Waals surface area contributed by atoms with Gasteiger partial charge in [-0.15, -0.1) is 0 Å². The zero-order valence-electron chi connectivity index (χ0n) is 8.34. The van der Waals surface area contributed by atoms with E-state index in [4.69, 9.17) is 9.47 Å². The van der Waals surface area contributed by atoms with Gasteiger partial charge in [-0.3, -0.25) is 0 Å². The molecule has 0 aromatic heterocycles. The molecule has 0 amide bonds. The standard InChI is InChI=1S/C10H19NO2/c1-10(7-13-8-10)6-11-9-3-2-4-12-5-9/h9,11H,2-8H2,1H3. The van der Waals surface area contributed by atoms with E-state index in [-0.39, 0.29) is 0 Å². The highest BCUT2D eigenvalue weighted by Crippen LogP contribution is 2.25. The van der Waals surface area contributed by atoms with Crippen molar-refractivity contribution in [3.63, 3.8) is 0 Å². The summed E-state index contributed by atoms with van der Waals surface area (Å²) in [6.45, 7) is 6.99. The van der Waals surface area contributed by atoms with Crippen LogP contribution in [-0.2, 0) is 9.47 Å². The molecule has 3 nitrogen and oxygen atoms in total. The lowest BCUT2D eigenvalue weighted by Crippen LogP contribution is -2.50. The molecule has 1 N–H and O–H groups in total. The van der Waals surface area contributed by atoms with Crippen LogP contribution < -0.4 is 5.32 Å². The van der Waals surface area contributed by atoms with Gasteiger partial charge in [0.15, 0.2) is 0 Å². The van der Waals surface area contributed by atoms with Crippen molar-refractivity contribution in [2.75, 3.05) is 33.0 Å². The third-order valence-electron chi connectivity index (χ3n) is 2.88. The highest BCUT2D eigenvalue weighted by atomic mass is 16.5. The molecule has 0 aromatic carbocycles. The number of rotatable bonds is 3. The Morgan fingerprint density at radius 2 is 2.23 bits per heavy atom. The fraction of sp³-hybridized carbons (Fsp3) is 1.00. The van der Waals surface area contributed by atoms with Gasteiger partial charge in [0.25, 0.3) is 0 Å². The van der Waals surface area contributed by atoms with Crippen LogP contribution in [0.4, 0.5) is 0 Å². The van der Waals surface area contributed by atoms with E-state index >= 15 is 0 Å². The van der Waals surface area contributed by atoms with E-state index in [1.807, 2.05) is 0 Å². The Morgan fingerprint density at radius 1 is 1.38 bits per heavy atom. The summed E-state index contributed by atoms with van der Waals surface area (Å²) in [5.74, 6) is 0. The van der Waals surface area contributed by atoms with Crippen molar-refractivity contribution in [2.45, 2.75) is 25.8 Å². The van der Waals surface area contributed by atoms with Crippen molar-refractivity contribution in [1.82, 2.24) is 5.32 Å². The van der Waals surface area contributed by atoms with Crippen LogP contribution in [-0.4, -0.2) is 39.0 Å². The maximum absolute atomic E-state index is 5.41. The van der Waals surface area contributed by atoms with Crippen molar-refractivity contribution >= 4 is 0 Å². The Morgan fingerprint density at radius 3 is 2.77 bits per heavy atom. The number of nitrogens with one attached hydrogen (secondary N) is 1. The van der Waals surface area contributed by atoms with E-state index in [1.165, 1.54) is 12.8 Å². The molecule has 13 heavy (non-hydrogen) atoms. The highest BCUT2D eigenvalue weighted by Gasteiger charge is 2.33. The van der Waals surface area contributed by atoms with E-state index in [0.29, 0.717) is 11.5 Å². The Kier molecular flexibility index (Phi) is 2.86. The molecule has 1 unspecified atom stereocenters. The van der Waals surface area contributed by atoms with Crippen LogP contribution in [0.5, 0.6) is 0 Å². The lowest BCUT2D eigenvalue weighted by molar-refractivity contribution is -0.101. The summed E-state index contributed by atoms with van der Waals surface area (Å²) in [6, 6.07) is 0.575. The SMILES string of the molecule is CC1(CNC2CCCOC2)COC1. The molecule has 2 saturated heterocycles. The van der Waals surface area contributed by atoms with Crippen LogP contribution in [0, 0.1) is 5.41 Å². The predicted octanol–water partition coefficient (Wildman–Crippen LogP) is 0.791. The fourth-order valence-electron chi connectivity index (χ4n) is 1.85. The van der Waals surface area contributed by atoms with E-state index in [0.717, 1.165) is 33.0 Å². The summed E-state index contributed by atoms with van der Waals surface area (Å²) in [6.07, 6.45) is 2.46. The van der Waals surface area contributed by atoms with Gasteiger partial charge in [-0.1, -0.05) is 6.92 Å². The molecule has 2 fully saturated rings. The zero-order chi connectivity index (χ0) is 9.15. The van der Waals surface area contributed by atoms with Crippen molar-refractivity contribution in [2.24, 2.45) is 5.41 Å². The van der Waals surface area contributed by atoms with Gasteiger partial charge in [-0.05, 0) is 12.8 Å². The Balaban J connectivity index is 1.66. The largest absolute Gasteiger partial charge is 0.380 e. The second-order valence-electron chi connectivity index (χ2n) is 4.60. The summed E-state index contributed by atoms with van der Waals surface area (Å²) >= 11 is 0. The minimum atomic E-state index is 0.386. The minimum absolute atomic E-state index is 0.386. The van der Waals surface area contributed by atoms with Crippen LogP contribution in [0.25, 0.3) is 0 Å². The molecule has 2 aliphatic rings. The summed E-state index contributed by atoms with van der Waals surface area (Å²) < 4.78 is 10.6. The Labute approximate surface area is 79.8 Å². The smallest absolute Gasteiger partial charge is 0.0619 e. The number of ether oxygens (including phenoxy) is 2. The molecule has 0 spiro atoms. The lowest BCUT2D eigenvalue weighted by Gasteiger charge is -2.39. The van der Waals surface area contributed by atoms with Crippen LogP contribution in [0.2, 0.25) is 0 Å². The van der Waals surface area contributed by atoms with E-state index in [2.05, 4.69) is 12.2 Å². The molecule has 2 aliphatic heterocycles. The number of hydrogen-bond donors (Lipinski definition) is 1. The first kappa shape index (κ1) is 9.44. The normalized spacial score (nSPS) is 32.5. The first-order valence-corrected chi connectivity index (χ1v) is 5.17.